The van der Waals surface area contributed by atoms with Gasteiger partial charge in [0.2, 0.25) is 5.91 Å². The lowest BCUT2D eigenvalue weighted by atomic mass is 10.1. The molecule has 0 bridgehead atoms. The summed E-state index contributed by atoms with van der Waals surface area (Å²) in [6.07, 6.45) is 0. The highest BCUT2D eigenvalue weighted by molar-refractivity contribution is 6.30. The van der Waals surface area contributed by atoms with E-state index in [1.165, 1.54) is 0 Å². The van der Waals surface area contributed by atoms with Gasteiger partial charge in [-0.2, -0.15) is 0 Å². The van der Waals surface area contributed by atoms with Crippen LogP contribution in [0.4, 0.5) is 0 Å². The molecule has 1 heterocycles. The minimum Gasteiger partial charge on any atom is -0.339 e. The van der Waals surface area contributed by atoms with Crippen molar-refractivity contribution in [1.82, 2.24) is 14.7 Å². The van der Waals surface area contributed by atoms with Crippen molar-refractivity contribution in [2.24, 2.45) is 0 Å². The van der Waals surface area contributed by atoms with Crippen LogP contribution < -0.4 is 0 Å². The van der Waals surface area contributed by atoms with Crippen molar-refractivity contribution in [1.29, 1.82) is 0 Å². The first-order valence-electron chi connectivity index (χ1n) is 7.39. The van der Waals surface area contributed by atoms with Gasteiger partial charge in [0.1, 0.15) is 0 Å². The first-order chi connectivity index (χ1) is 9.97. The maximum atomic E-state index is 12.4. The second-order valence-electron chi connectivity index (χ2n) is 5.83. The zero-order valence-corrected chi connectivity index (χ0v) is 13.8. The van der Waals surface area contributed by atoms with E-state index in [9.17, 15) is 4.79 Å². The molecule has 116 valence electrons. The molecule has 1 aromatic rings. The predicted molar refractivity (Wildman–Crippen MR) is 86.6 cm³/mol. The van der Waals surface area contributed by atoms with Gasteiger partial charge in [0.15, 0.2) is 0 Å². The van der Waals surface area contributed by atoms with Gasteiger partial charge in [-0.15, -0.1) is 0 Å². The number of likely N-dealkylation sites (N-methyl/N-ethyl adjacent to an activating group) is 2. The predicted octanol–water partition coefficient (Wildman–Crippen LogP) is 2.11. The molecule has 0 aliphatic carbocycles. The summed E-state index contributed by atoms with van der Waals surface area (Å²) in [5.74, 6) is 0.208. The summed E-state index contributed by atoms with van der Waals surface area (Å²) < 4.78 is 0. The highest BCUT2D eigenvalue weighted by Gasteiger charge is 2.22. The number of carbonyl (C=O) groups is 1. The normalized spacial score (nSPS) is 18.0. The van der Waals surface area contributed by atoms with E-state index in [0.717, 1.165) is 36.8 Å². The van der Waals surface area contributed by atoms with Gasteiger partial charge < -0.3 is 9.80 Å². The summed E-state index contributed by atoms with van der Waals surface area (Å²) in [7, 11) is 4.08. The van der Waals surface area contributed by atoms with Crippen LogP contribution in [0.3, 0.4) is 0 Å². The largest absolute Gasteiger partial charge is 0.339 e. The Kier molecular flexibility index (Phi) is 5.62. The minimum atomic E-state index is 0.167. The Morgan fingerprint density at radius 1 is 1.33 bits per heavy atom. The highest BCUT2D eigenvalue weighted by atomic mass is 35.5. The Morgan fingerprint density at radius 3 is 2.62 bits per heavy atom. The van der Waals surface area contributed by atoms with Crippen LogP contribution in [0.2, 0.25) is 5.02 Å². The molecule has 1 aliphatic heterocycles. The molecule has 4 nitrogen and oxygen atoms in total. The van der Waals surface area contributed by atoms with E-state index in [1.807, 2.05) is 36.2 Å². The van der Waals surface area contributed by atoms with Crippen LogP contribution in [0.5, 0.6) is 0 Å². The van der Waals surface area contributed by atoms with Gasteiger partial charge in [0, 0.05) is 37.2 Å². The lowest BCUT2D eigenvalue weighted by molar-refractivity contribution is -0.134. The topological polar surface area (TPSA) is 26.8 Å². The Morgan fingerprint density at radius 2 is 2.00 bits per heavy atom. The molecule has 0 aromatic heterocycles. The van der Waals surface area contributed by atoms with Crippen molar-refractivity contribution < 1.29 is 4.79 Å². The summed E-state index contributed by atoms with van der Waals surface area (Å²) in [6.45, 7) is 6.11. The number of piperazine rings is 1. The molecule has 1 aromatic carbocycles. The second-order valence-corrected chi connectivity index (χ2v) is 6.27. The Balaban J connectivity index is 1.91. The lowest BCUT2D eigenvalue weighted by Crippen LogP contribution is -2.49. The maximum Gasteiger partial charge on any atom is 0.236 e. The van der Waals surface area contributed by atoms with Crippen LogP contribution in [0.25, 0.3) is 0 Å². The third kappa shape index (κ3) is 4.43. The number of benzene rings is 1. The highest BCUT2D eigenvalue weighted by Crippen LogP contribution is 2.21. The first kappa shape index (κ1) is 16.3. The second kappa shape index (κ2) is 7.25. The third-order valence-corrected chi connectivity index (χ3v) is 4.47. The zero-order valence-electron chi connectivity index (χ0n) is 13.1. The molecule has 0 spiro atoms. The Labute approximate surface area is 132 Å². The molecule has 5 heteroatoms. The standard InChI is InChI=1S/C16H24ClN3O/c1-13(14-5-4-6-15(17)11-14)19(3)12-16(21)20-9-7-18(2)8-10-20/h4-6,11,13H,7-10,12H2,1-3H3/t13-/m0/s1. The van der Waals surface area contributed by atoms with Crippen LogP contribution in [0.15, 0.2) is 24.3 Å². The average Bonchev–Trinajstić information content (AvgIpc) is 2.47. The van der Waals surface area contributed by atoms with Crippen LogP contribution in [-0.2, 0) is 4.79 Å². The Hall–Kier alpha value is -1.10. The summed E-state index contributed by atoms with van der Waals surface area (Å²) in [5.41, 5.74) is 1.14. The quantitative estimate of drug-likeness (QED) is 0.852. The molecule has 1 aliphatic rings. The number of amides is 1. The third-order valence-electron chi connectivity index (χ3n) is 4.23. The van der Waals surface area contributed by atoms with Crippen LogP contribution >= 0.6 is 11.6 Å². The number of nitrogens with zero attached hydrogens (tertiary/aromatic N) is 3. The van der Waals surface area contributed by atoms with E-state index in [1.54, 1.807) is 0 Å². The van der Waals surface area contributed by atoms with Gasteiger partial charge in [0.05, 0.1) is 6.54 Å². The monoisotopic (exact) mass is 309 g/mol. The fraction of sp³-hybridized carbons (Fsp3) is 0.562. The summed E-state index contributed by atoms with van der Waals surface area (Å²) in [5, 5.41) is 0.734. The van der Waals surface area contributed by atoms with Crippen molar-refractivity contribution >= 4 is 17.5 Å². The number of halogens is 1. The van der Waals surface area contributed by atoms with Gasteiger partial charge in [-0.25, -0.2) is 0 Å². The number of carbonyl (C=O) groups excluding carboxylic acids is 1. The van der Waals surface area contributed by atoms with Gasteiger partial charge >= 0.3 is 0 Å². The van der Waals surface area contributed by atoms with Gasteiger partial charge in [-0.05, 0) is 38.7 Å². The summed E-state index contributed by atoms with van der Waals surface area (Å²) in [4.78, 5) is 18.6. The molecule has 1 atom stereocenters. The SMILES string of the molecule is C[C@@H](c1cccc(Cl)c1)N(C)CC(=O)N1CCN(C)CC1. The van der Waals surface area contributed by atoms with E-state index >= 15 is 0 Å². The maximum absolute atomic E-state index is 12.4. The summed E-state index contributed by atoms with van der Waals surface area (Å²) in [6, 6.07) is 7.99. The van der Waals surface area contributed by atoms with E-state index in [-0.39, 0.29) is 11.9 Å². The average molecular weight is 310 g/mol. The van der Waals surface area contributed by atoms with Crippen molar-refractivity contribution in [3.05, 3.63) is 34.9 Å². The fourth-order valence-electron chi connectivity index (χ4n) is 2.53. The molecular formula is C16H24ClN3O. The van der Waals surface area contributed by atoms with Crippen molar-refractivity contribution in [2.75, 3.05) is 46.8 Å². The molecular weight excluding hydrogens is 286 g/mol. The number of hydrogen-bond donors (Lipinski definition) is 0. The van der Waals surface area contributed by atoms with Crippen LogP contribution in [0.1, 0.15) is 18.5 Å². The molecule has 0 unspecified atom stereocenters. The fourth-order valence-corrected chi connectivity index (χ4v) is 2.73. The molecule has 1 amide bonds. The minimum absolute atomic E-state index is 0.167. The number of hydrogen-bond acceptors (Lipinski definition) is 3. The lowest BCUT2D eigenvalue weighted by Gasteiger charge is -2.34. The number of rotatable bonds is 4. The van der Waals surface area contributed by atoms with Gasteiger partial charge in [0.25, 0.3) is 0 Å². The molecule has 2 rings (SSSR count). The molecule has 1 saturated heterocycles. The zero-order chi connectivity index (χ0) is 15.4. The van der Waals surface area contributed by atoms with Gasteiger partial charge in [-0.1, -0.05) is 23.7 Å². The first-order valence-corrected chi connectivity index (χ1v) is 7.77. The van der Waals surface area contributed by atoms with Crippen molar-refractivity contribution in [3.8, 4) is 0 Å². The smallest absolute Gasteiger partial charge is 0.236 e. The van der Waals surface area contributed by atoms with Gasteiger partial charge in [-0.3, -0.25) is 9.69 Å². The molecule has 0 N–H and O–H groups in total. The van der Waals surface area contributed by atoms with E-state index < -0.39 is 0 Å². The van der Waals surface area contributed by atoms with Crippen LogP contribution in [-0.4, -0.2) is 67.4 Å². The van der Waals surface area contributed by atoms with E-state index in [0.29, 0.717) is 6.54 Å². The van der Waals surface area contributed by atoms with E-state index in [2.05, 4.69) is 23.8 Å². The molecule has 21 heavy (non-hydrogen) atoms. The van der Waals surface area contributed by atoms with Crippen molar-refractivity contribution in [3.63, 3.8) is 0 Å². The Bertz CT molecular complexity index is 486. The molecule has 0 saturated carbocycles. The molecule has 1 fully saturated rings. The molecule has 0 radical (unpaired) electrons. The van der Waals surface area contributed by atoms with Crippen molar-refractivity contribution in [2.45, 2.75) is 13.0 Å². The van der Waals surface area contributed by atoms with Crippen LogP contribution in [0, 0.1) is 0 Å². The van der Waals surface area contributed by atoms with E-state index in [4.69, 9.17) is 11.6 Å². The summed E-state index contributed by atoms with van der Waals surface area (Å²) >= 11 is 6.04.